The lowest BCUT2D eigenvalue weighted by molar-refractivity contribution is -0.145. The predicted molar refractivity (Wildman–Crippen MR) is 248 cm³/mol. The van der Waals surface area contributed by atoms with E-state index in [1.54, 1.807) is 27.9 Å². The number of benzene rings is 3. The van der Waals surface area contributed by atoms with Gasteiger partial charge >= 0.3 is 0 Å². The van der Waals surface area contributed by atoms with Gasteiger partial charge in [-0.2, -0.15) is 15.3 Å². The molecule has 3 fully saturated rings. The minimum absolute atomic E-state index is 0.0192. The summed E-state index contributed by atoms with van der Waals surface area (Å²) < 4.78 is 1.74. The first-order chi connectivity index (χ1) is 32.3. The minimum atomic E-state index is -1.08. The largest absolute Gasteiger partial charge is 0.376 e. The van der Waals surface area contributed by atoms with Crippen LogP contribution in [0.2, 0.25) is 0 Å². The number of likely N-dealkylation sites (tertiary alicyclic amines) is 2. The van der Waals surface area contributed by atoms with E-state index in [9.17, 15) is 34.0 Å². The summed E-state index contributed by atoms with van der Waals surface area (Å²) in [7, 11) is 1.86. The van der Waals surface area contributed by atoms with Gasteiger partial charge in [0.1, 0.15) is 6.04 Å². The molecular weight excluding hydrogens is 853 g/mol. The summed E-state index contributed by atoms with van der Waals surface area (Å²) in [6.45, 7) is 5.66. The van der Waals surface area contributed by atoms with Crippen molar-refractivity contribution in [3.05, 3.63) is 107 Å². The van der Waals surface area contributed by atoms with Crippen LogP contribution in [0.1, 0.15) is 81.8 Å². The Morgan fingerprint density at radius 2 is 1.63 bits per heavy atom. The van der Waals surface area contributed by atoms with Crippen molar-refractivity contribution in [1.29, 1.82) is 5.26 Å². The number of aromatic nitrogens is 4. The molecule has 6 amide bonds. The molecule has 5 aromatic rings. The fraction of sp³-hybridized carbons (Fsp3) is 0.347. The number of aryl methyl sites for hydroxylation is 3. The third kappa shape index (κ3) is 8.55. The van der Waals surface area contributed by atoms with Crippen LogP contribution in [0.4, 0.5) is 28.8 Å². The molecule has 9 rings (SSSR count). The van der Waals surface area contributed by atoms with Crippen molar-refractivity contribution in [2.24, 2.45) is 12.5 Å². The number of carbonyl (C=O) groups is 6. The lowest BCUT2D eigenvalue weighted by atomic mass is 9.76. The second kappa shape index (κ2) is 18.1. The van der Waals surface area contributed by atoms with Crippen molar-refractivity contribution in [3.63, 3.8) is 0 Å². The van der Waals surface area contributed by atoms with Crippen molar-refractivity contribution in [1.82, 2.24) is 39.8 Å². The molecule has 3 aromatic carbocycles. The second-order valence-corrected chi connectivity index (χ2v) is 17.6. The van der Waals surface area contributed by atoms with Gasteiger partial charge in [-0.3, -0.25) is 39.0 Å². The summed E-state index contributed by atoms with van der Waals surface area (Å²) in [6.07, 6.45) is 7.05. The van der Waals surface area contributed by atoms with E-state index in [-0.39, 0.29) is 48.2 Å². The van der Waals surface area contributed by atoms with Gasteiger partial charge in [-0.25, -0.2) is 9.67 Å². The highest BCUT2D eigenvalue weighted by molar-refractivity contribution is 6.23. The number of para-hydroxylation sites is 2. The molecule has 4 aliphatic heterocycles. The lowest BCUT2D eigenvalue weighted by Gasteiger charge is -2.43. The zero-order chi connectivity index (χ0) is 47.0. The molecule has 0 spiro atoms. The number of piperidine rings is 3. The molecule has 342 valence electrons. The smallest absolute Gasteiger partial charge is 0.262 e. The van der Waals surface area contributed by atoms with Gasteiger partial charge in [-0.1, -0.05) is 42.5 Å². The monoisotopic (exact) mass is 902 g/mol. The topological polar surface area (TPSA) is 228 Å². The van der Waals surface area contributed by atoms with Gasteiger partial charge in [-0.05, 0) is 92.8 Å². The number of allylic oxidation sites excluding steroid dienone is 1. The molecule has 3 saturated heterocycles. The predicted octanol–water partition coefficient (Wildman–Crippen LogP) is 5.38. The highest BCUT2D eigenvalue weighted by Gasteiger charge is 2.46. The number of hydrogen-bond donors (Lipinski definition) is 4. The summed E-state index contributed by atoms with van der Waals surface area (Å²) in [4.78, 5) is 92.4. The van der Waals surface area contributed by atoms with E-state index in [2.05, 4.69) is 64.4 Å². The van der Waals surface area contributed by atoms with Gasteiger partial charge in [0.15, 0.2) is 11.5 Å². The number of amides is 6. The molecular formula is C49H50N12O6. The van der Waals surface area contributed by atoms with Gasteiger partial charge in [-0.15, -0.1) is 0 Å². The lowest BCUT2D eigenvalue weighted by Crippen LogP contribution is -2.54. The van der Waals surface area contributed by atoms with E-state index in [0.717, 1.165) is 51.2 Å². The first kappa shape index (κ1) is 44.3. The van der Waals surface area contributed by atoms with Crippen LogP contribution in [0.3, 0.4) is 0 Å². The van der Waals surface area contributed by atoms with E-state index in [1.807, 2.05) is 36.2 Å². The number of rotatable bonds is 11. The Morgan fingerprint density at radius 3 is 2.36 bits per heavy atom. The minimum Gasteiger partial charge on any atom is -0.376 e. The molecule has 0 radical (unpaired) electrons. The zero-order valence-electron chi connectivity index (χ0n) is 37.5. The van der Waals surface area contributed by atoms with Crippen molar-refractivity contribution in [2.75, 3.05) is 48.7 Å². The molecule has 0 aliphatic carbocycles. The fourth-order valence-corrected chi connectivity index (χ4v) is 9.79. The average molecular weight is 903 g/mol. The van der Waals surface area contributed by atoms with Crippen LogP contribution in [-0.2, 0) is 26.2 Å². The SMILES string of the molecule is Cc1cccc(C)c1Nc1nn(C)c2nc(Nc3ccccc3C3CCN(C(=O)C4(C=CC#N)CCN(C(=O)CNc5ccc6c(c5)C(=O)N(C5CCC(=O)NC5=O)C6=O)CC4)CC3)ncc12. The molecule has 4 N–H and O–H groups in total. The Kier molecular flexibility index (Phi) is 12.0. The van der Waals surface area contributed by atoms with E-state index < -0.39 is 35.1 Å². The molecule has 18 nitrogen and oxygen atoms in total. The molecule has 1 unspecified atom stereocenters. The fourth-order valence-electron chi connectivity index (χ4n) is 9.79. The normalized spacial score (nSPS) is 18.5. The molecule has 18 heteroatoms. The maximum atomic E-state index is 14.4. The molecule has 1 atom stereocenters. The van der Waals surface area contributed by atoms with Crippen LogP contribution >= 0.6 is 0 Å². The van der Waals surface area contributed by atoms with E-state index in [0.29, 0.717) is 62.1 Å². The number of nitrogens with one attached hydrogen (secondary N) is 4. The Balaban J connectivity index is 0.803. The summed E-state index contributed by atoms with van der Waals surface area (Å²) in [5.74, 6) is -1.38. The first-order valence-corrected chi connectivity index (χ1v) is 22.5. The molecule has 4 aliphatic rings. The summed E-state index contributed by atoms with van der Waals surface area (Å²) in [6, 6.07) is 19.8. The number of fused-ring (bicyclic) bond motifs is 2. The van der Waals surface area contributed by atoms with Crippen LogP contribution in [0.25, 0.3) is 11.0 Å². The Hall–Kier alpha value is -7.94. The Bertz CT molecular complexity index is 2900. The highest BCUT2D eigenvalue weighted by Crippen LogP contribution is 2.40. The maximum Gasteiger partial charge on any atom is 0.262 e. The zero-order valence-corrected chi connectivity index (χ0v) is 37.5. The van der Waals surface area contributed by atoms with Crippen molar-refractivity contribution < 1.29 is 28.8 Å². The van der Waals surface area contributed by atoms with E-state index in [1.165, 1.54) is 18.2 Å². The number of anilines is 5. The number of carbonyl (C=O) groups excluding carboxylic acids is 6. The van der Waals surface area contributed by atoms with Gasteiger partial charge in [0, 0.05) is 69.0 Å². The number of imide groups is 2. The van der Waals surface area contributed by atoms with Crippen molar-refractivity contribution >= 4 is 75.3 Å². The average Bonchev–Trinajstić information content (AvgIpc) is 3.78. The molecule has 0 bridgehead atoms. The molecule has 2 aromatic heterocycles. The van der Waals surface area contributed by atoms with Gasteiger partial charge < -0.3 is 25.8 Å². The number of hydrogen-bond acceptors (Lipinski definition) is 13. The third-order valence-corrected chi connectivity index (χ3v) is 13.5. The quantitative estimate of drug-likeness (QED) is 0.0967. The van der Waals surface area contributed by atoms with Crippen LogP contribution in [0.5, 0.6) is 0 Å². The van der Waals surface area contributed by atoms with Crippen LogP contribution in [-0.4, -0.2) is 109 Å². The van der Waals surface area contributed by atoms with Crippen LogP contribution in [0, 0.1) is 30.6 Å². The standard InChI is InChI=1S/C49H50N12O6/c1-29-8-6-9-30(2)41(29)55-42-36-27-52-48(56-43(36)58(3)57-42)53-37-11-5-4-10-33(37)31-16-22-60(23-17-31)47(67)49(18-7-21-50)19-24-59(25-20-49)40(63)28-51-32-12-13-34-35(26-32)46(66)61(45(34)65)38-14-15-39(62)54-44(38)64/h4-13,18,26-27,31,38,51H,14-17,19-20,22-25,28H2,1-3H3,(H,55,57)(H,52,53,56)(H,54,62,64). The number of nitriles is 1. The second-order valence-electron chi connectivity index (χ2n) is 17.6. The Morgan fingerprint density at radius 1 is 0.896 bits per heavy atom. The molecule has 6 heterocycles. The summed E-state index contributed by atoms with van der Waals surface area (Å²) >= 11 is 0. The van der Waals surface area contributed by atoms with Gasteiger partial charge in [0.25, 0.3) is 11.8 Å². The highest BCUT2D eigenvalue weighted by atomic mass is 16.2. The van der Waals surface area contributed by atoms with Crippen molar-refractivity contribution in [2.45, 2.75) is 64.3 Å². The molecule has 67 heavy (non-hydrogen) atoms. The third-order valence-electron chi connectivity index (χ3n) is 13.5. The first-order valence-electron chi connectivity index (χ1n) is 22.5. The Labute approximate surface area is 386 Å². The van der Waals surface area contributed by atoms with E-state index in [4.69, 9.17) is 10.1 Å². The van der Waals surface area contributed by atoms with Crippen LogP contribution in [0.15, 0.2) is 79.0 Å². The van der Waals surface area contributed by atoms with Gasteiger partial charge in [0.05, 0.1) is 34.5 Å². The van der Waals surface area contributed by atoms with E-state index >= 15 is 0 Å². The molecule has 0 saturated carbocycles. The number of nitrogens with zero attached hydrogens (tertiary/aromatic N) is 8. The van der Waals surface area contributed by atoms with Gasteiger partial charge in [0.2, 0.25) is 29.6 Å². The van der Waals surface area contributed by atoms with Crippen molar-refractivity contribution in [3.8, 4) is 6.07 Å². The summed E-state index contributed by atoms with van der Waals surface area (Å²) in [5.41, 5.74) is 5.64. The van der Waals surface area contributed by atoms with Crippen LogP contribution < -0.4 is 21.3 Å². The maximum absolute atomic E-state index is 14.4. The summed E-state index contributed by atoms with van der Waals surface area (Å²) in [5, 5.41) is 27.2.